The first-order chi connectivity index (χ1) is 11.3. The fourth-order valence-corrected chi connectivity index (χ4v) is 5.00. The number of rotatable bonds is 5. The summed E-state index contributed by atoms with van der Waals surface area (Å²) in [5.41, 5.74) is 2.87. The summed E-state index contributed by atoms with van der Waals surface area (Å²) in [7, 11) is 0. The van der Waals surface area contributed by atoms with Crippen LogP contribution < -0.4 is 10.9 Å². The van der Waals surface area contributed by atoms with Crippen LogP contribution in [0.5, 0.6) is 0 Å². The molecule has 0 atom stereocenters. The normalized spacial score (nSPS) is 17.5. The maximum atomic E-state index is 12.4. The predicted molar refractivity (Wildman–Crippen MR) is 95.1 cm³/mol. The minimum Gasteiger partial charge on any atom is -0.310 e. The maximum Gasteiger partial charge on any atom is 0.259 e. The molecule has 2 aromatic heterocycles. The minimum atomic E-state index is 0.0428. The fraction of sp³-hybridized carbons (Fsp3) is 0.556. The van der Waals surface area contributed by atoms with Gasteiger partial charge in [-0.2, -0.15) is 0 Å². The zero-order valence-corrected chi connectivity index (χ0v) is 14.2. The SMILES string of the molecule is O=c1[nH]c(CNCCC2=CCCCC2)nc2sc3c(c12)CCC3. The lowest BCUT2D eigenvalue weighted by atomic mass is 9.97. The summed E-state index contributed by atoms with van der Waals surface area (Å²) in [5.74, 6) is 0.764. The number of aryl methyl sites for hydroxylation is 2. The molecular formula is C18H23N3OS. The van der Waals surface area contributed by atoms with Crippen LogP contribution in [-0.2, 0) is 19.4 Å². The summed E-state index contributed by atoms with van der Waals surface area (Å²) in [5, 5.41) is 4.27. The Bertz CT molecular complexity index is 802. The standard InChI is InChI=1S/C18H23N3OS/c22-17-16-13-7-4-8-14(13)23-18(16)21-15(20-17)11-19-10-9-12-5-2-1-3-6-12/h5,19H,1-4,6-11H2,(H,20,21,22). The van der Waals surface area contributed by atoms with Gasteiger partial charge in [0.05, 0.1) is 11.9 Å². The number of fused-ring (bicyclic) bond motifs is 3. The van der Waals surface area contributed by atoms with E-state index in [-0.39, 0.29) is 5.56 Å². The van der Waals surface area contributed by atoms with Crippen molar-refractivity contribution in [3.8, 4) is 0 Å². The van der Waals surface area contributed by atoms with Crippen molar-refractivity contribution in [1.82, 2.24) is 15.3 Å². The van der Waals surface area contributed by atoms with Crippen LogP contribution in [-0.4, -0.2) is 16.5 Å². The molecule has 4 nitrogen and oxygen atoms in total. The van der Waals surface area contributed by atoms with Gasteiger partial charge in [0.2, 0.25) is 0 Å². The van der Waals surface area contributed by atoms with Crippen molar-refractivity contribution in [2.75, 3.05) is 6.54 Å². The fourth-order valence-electron chi connectivity index (χ4n) is 3.72. The Labute approximate surface area is 140 Å². The molecule has 5 heteroatoms. The number of hydrogen-bond acceptors (Lipinski definition) is 4. The smallest absolute Gasteiger partial charge is 0.259 e. The Morgan fingerprint density at radius 2 is 2.17 bits per heavy atom. The molecule has 2 heterocycles. The number of aromatic nitrogens is 2. The van der Waals surface area contributed by atoms with E-state index in [4.69, 9.17) is 0 Å². The Morgan fingerprint density at radius 3 is 3.04 bits per heavy atom. The third kappa shape index (κ3) is 3.12. The van der Waals surface area contributed by atoms with Gasteiger partial charge in [0.25, 0.3) is 5.56 Å². The highest BCUT2D eigenvalue weighted by Crippen LogP contribution is 2.34. The quantitative estimate of drug-likeness (QED) is 0.652. The maximum absolute atomic E-state index is 12.4. The zero-order valence-electron chi connectivity index (χ0n) is 13.4. The molecular weight excluding hydrogens is 306 g/mol. The lowest BCUT2D eigenvalue weighted by Crippen LogP contribution is -2.20. The van der Waals surface area contributed by atoms with E-state index in [1.807, 2.05) is 0 Å². The second-order valence-electron chi connectivity index (χ2n) is 6.59. The molecule has 2 N–H and O–H groups in total. The molecule has 0 aromatic carbocycles. The molecule has 23 heavy (non-hydrogen) atoms. The van der Waals surface area contributed by atoms with Crippen LogP contribution in [0.15, 0.2) is 16.4 Å². The summed E-state index contributed by atoms with van der Waals surface area (Å²) in [6, 6.07) is 0. The molecule has 0 spiro atoms. The van der Waals surface area contributed by atoms with Gasteiger partial charge >= 0.3 is 0 Å². The van der Waals surface area contributed by atoms with E-state index in [1.54, 1.807) is 16.9 Å². The molecule has 2 aromatic rings. The van der Waals surface area contributed by atoms with Crippen LogP contribution in [0.3, 0.4) is 0 Å². The Kier molecular flexibility index (Phi) is 4.31. The number of allylic oxidation sites excluding steroid dienone is 1. The third-order valence-corrected chi connectivity index (χ3v) is 6.11. The molecule has 0 radical (unpaired) electrons. The number of thiophene rings is 1. The summed E-state index contributed by atoms with van der Waals surface area (Å²) < 4.78 is 0. The van der Waals surface area contributed by atoms with Crippen molar-refractivity contribution in [2.45, 2.75) is 57.9 Å². The number of H-pyrrole nitrogens is 1. The van der Waals surface area contributed by atoms with Crippen LogP contribution in [0.25, 0.3) is 10.2 Å². The Hall–Kier alpha value is -1.46. The number of nitrogens with one attached hydrogen (secondary N) is 2. The molecule has 0 fully saturated rings. The first-order valence-corrected chi connectivity index (χ1v) is 9.55. The summed E-state index contributed by atoms with van der Waals surface area (Å²) in [6.45, 7) is 1.59. The first-order valence-electron chi connectivity index (χ1n) is 8.73. The summed E-state index contributed by atoms with van der Waals surface area (Å²) in [6.07, 6.45) is 12.0. The van der Waals surface area contributed by atoms with E-state index >= 15 is 0 Å². The largest absolute Gasteiger partial charge is 0.310 e. The van der Waals surface area contributed by atoms with E-state index in [2.05, 4.69) is 21.4 Å². The van der Waals surface area contributed by atoms with Crippen molar-refractivity contribution in [3.63, 3.8) is 0 Å². The zero-order chi connectivity index (χ0) is 15.6. The summed E-state index contributed by atoms with van der Waals surface area (Å²) >= 11 is 1.71. The highest BCUT2D eigenvalue weighted by atomic mass is 32.1. The lowest BCUT2D eigenvalue weighted by molar-refractivity contribution is 0.621. The molecule has 2 aliphatic carbocycles. The molecule has 122 valence electrons. The van der Waals surface area contributed by atoms with Gasteiger partial charge in [-0.1, -0.05) is 11.6 Å². The van der Waals surface area contributed by atoms with E-state index in [9.17, 15) is 4.79 Å². The highest BCUT2D eigenvalue weighted by Gasteiger charge is 2.20. The third-order valence-electron chi connectivity index (χ3n) is 4.92. The van der Waals surface area contributed by atoms with Crippen molar-refractivity contribution >= 4 is 21.6 Å². The van der Waals surface area contributed by atoms with Crippen LogP contribution in [0, 0.1) is 0 Å². The monoisotopic (exact) mass is 329 g/mol. The van der Waals surface area contributed by atoms with Crippen LogP contribution >= 0.6 is 11.3 Å². The average Bonchev–Trinajstić information content (AvgIpc) is 3.13. The Balaban J connectivity index is 1.41. The van der Waals surface area contributed by atoms with Gasteiger partial charge in [-0.3, -0.25) is 4.79 Å². The molecule has 0 unspecified atom stereocenters. The van der Waals surface area contributed by atoms with Crippen LogP contribution in [0.4, 0.5) is 0 Å². The predicted octanol–water partition coefficient (Wildman–Crippen LogP) is 3.45. The minimum absolute atomic E-state index is 0.0428. The van der Waals surface area contributed by atoms with E-state index in [1.165, 1.54) is 42.5 Å². The lowest BCUT2D eigenvalue weighted by Gasteiger charge is -2.12. The molecule has 0 amide bonds. The topological polar surface area (TPSA) is 57.8 Å². The van der Waals surface area contributed by atoms with Crippen molar-refractivity contribution in [2.24, 2.45) is 0 Å². The van der Waals surface area contributed by atoms with Gasteiger partial charge in [0, 0.05) is 4.88 Å². The first kappa shape index (κ1) is 15.1. The second kappa shape index (κ2) is 6.57. The number of nitrogens with zero attached hydrogens (tertiary/aromatic N) is 1. The Morgan fingerprint density at radius 1 is 1.22 bits per heavy atom. The number of aromatic amines is 1. The van der Waals surface area contributed by atoms with Gasteiger partial charge in [-0.05, 0) is 63.5 Å². The molecule has 4 rings (SSSR count). The van der Waals surface area contributed by atoms with Crippen molar-refractivity contribution in [1.29, 1.82) is 0 Å². The van der Waals surface area contributed by atoms with E-state index in [0.717, 1.165) is 41.8 Å². The molecule has 0 saturated carbocycles. The molecule has 0 aliphatic heterocycles. The molecule has 2 aliphatic rings. The molecule has 0 saturated heterocycles. The van der Waals surface area contributed by atoms with E-state index in [0.29, 0.717) is 6.54 Å². The highest BCUT2D eigenvalue weighted by molar-refractivity contribution is 7.18. The van der Waals surface area contributed by atoms with Crippen LogP contribution in [0.2, 0.25) is 0 Å². The van der Waals surface area contributed by atoms with Crippen molar-refractivity contribution < 1.29 is 0 Å². The van der Waals surface area contributed by atoms with Gasteiger partial charge < -0.3 is 10.3 Å². The van der Waals surface area contributed by atoms with Gasteiger partial charge in [0.15, 0.2) is 0 Å². The van der Waals surface area contributed by atoms with Crippen LogP contribution in [0.1, 0.15) is 54.8 Å². The second-order valence-corrected chi connectivity index (χ2v) is 7.67. The average molecular weight is 329 g/mol. The van der Waals surface area contributed by atoms with E-state index < -0.39 is 0 Å². The molecule has 0 bridgehead atoms. The van der Waals surface area contributed by atoms with Crippen molar-refractivity contribution in [3.05, 3.63) is 38.3 Å². The van der Waals surface area contributed by atoms with Gasteiger partial charge in [-0.15, -0.1) is 11.3 Å². The summed E-state index contributed by atoms with van der Waals surface area (Å²) in [4.78, 5) is 22.3. The number of hydrogen-bond donors (Lipinski definition) is 2. The van der Waals surface area contributed by atoms with Gasteiger partial charge in [-0.25, -0.2) is 4.98 Å². The van der Waals surface area contributed by atoms with Gasteiger partial charge in [0.1, 0.15) is 10.7 Å².